The maximum atomic E-state index is 8.82. The quantitative estimate of drug-likeness (QED) is 0.327. The Labute approximate surface area is 193 Å². The van der Waals surface area contributed by atoms with E-state index in [4.69, 9.17) is 16.6 Å². The van der Waals surface area contributed by atoms with Crippen molar-refractivity contribution in [3.8, 4) is 0 Å². The van der Waals surface area contributed by atoms with Gasteiger partial charge < -0.3 is 26.3 Å². The van der Waals surface area contributed by atoms with Crippen LogP contribution in [0.4, 0.5) is 17.3 Å². The summed E-state index contributed by atoms with van der Waals surface area (Å²) in [6.07, 6.45) is 8.09. The van der Waals surface area contributed by atoms with Crippen LogP contribution in [0, 0.1) is 10.8 Å². The van der Waals surface area contributed by atoms with E-state index < -0.39 is 0 Å². The van der Waals surface area contributed by atoms with Gasteiger partial charge in [-0.15, -0.1) is 0 Å². The number of rotatable bonds is 7. The van der Waals surface area contributed by atoms with Crippen molar-refractivity contribution in [2.45, 2.75) is 0 Å². The van der Waals surface area contributed by atoms with Crippen LogP contribution >= 0.6 is 0 Å². The number of hydrogen-bond donors (Lipinski definition) is 4. The molecule has 1 aliphatic rings. The van der Waals surface area contributed by atoms with Gasteiger partial charge in [-0.25, -0.2) is 15.0 Å². The van der Waals surface area contributed by atoms with Crippen molar-refractivity contribution in [3.05, 3.63) is 78.0 Å². The van der Waals surface area contributed by atoms with Crippen LogP contribution in [0.3, 0.4) is 0 Å². The Morgan fingerprint density at radius 1 is 0.970 bits per heavy atom. The molecule has 0 aliphatic carbocycles. The highest BCUT2D eigenvalue weighted by molar-refractivity contribution is 6.15. The number of anilines is 3. The molecule has 1 fully saturated rings. The Kier molecular flexibility index (Phi) is 6.58. The molecule has 3 heterocycles. The van der Waals surface area contributed by atoms with Crippen molar-refractivity contribution in [2.75, 3.05) is 48.8 Å². The van der Waals surface area contributed by atoms with Crippen LogP contribution in [0.1, 0.15) is 16.7 Å². The fourth-order valence-corrected chi connectivity index (χ4v) is 3.85. The molecule has 33 heavy (non-hydrogen) atoms. The van der Waals surface area contributed by atoms with Crippen LogP contribution < -0.4 is 20.9 Å². The molecule has 0 saturated carbocycles. The standard InChI is InChI=1S/C24H27N9/c1-28-15-19(14-25)17-2-3-21(26)20(12-17)24(27)18-4-7-30-23(13-18)33-10-8-32(9-11-33)22-5-6-29-16-31-22/h2-7,12-16,25,27-28H,8-11,26H2,1H3/b19-15+,25-14?,27-24?. The Balaban J connectivity index is 1.53. The van der Waals surface area contributed by atoms with E-state index in [0.717, 1.165) is 48.9 Å². The third kappa shape index (κ3) is 4.82. The summed E-state index contributed by atoms with van der Waals surface area (Å²) in [6.45, 7) is 3.28. The number of nitrogens with two attached hydrogens (primary N) is 1. The van der Waals surface area contributed by atoms with Gasteiger partial charge in [0.05, 0.1) is 5.71 Å². The minimum atomic E-state index is 0.325. The van der Waals surface area contributed by atoms with E-state index in [1.807, 2.05) is 30.3 Å². The molecule has 4 rings (SSSR count). The first-order valence-electron chi connectivity index (χ1n) is 10.7. The summed E-state index contributed by atoms with van der Waals surface area (Å²) in [5.41, 5.74) is 9.98. The molecule has 1 saturated heterocycles. The average Bonchev–Trinajstić information content (AvgIpc) is 2.88. The molecule has 0 bridgehead atoms. The molecule has 9 nitrogen and oxygen atoms in total. The van der Waals surface area contributed by atoms with E-state index in [1.54, 1.807) is 38.0 Å². The van der Waals surface area contributed by atoms with Crippen molar-refractivity contribution >= 4 is 34.8 Å². The zero-order valence-electron chi connectivity index (χ0n) is 18.5. The lowest BCUT2D eigenvalue weighted by atomic mass is 9.97. The van der Waals surface area contributed by atoms with Gasteiger partial charge in [-0.1, -0.05) is 6.07 Å². The smallest absolute Gasteiger partial charge is 0.132 e. The fourth-order valence-electron chi connectivity index (χ4n) is 3.85. The van der Waals surface area contributed by atoms with Gasteiger partial charge in [0.25, 0.3) is 0 Å². The number of aromatic nitrogens is 3. The van der Waals surface area contributed by atoms with Gasteiger partial charge in [-0.05, 0) is 35.9 Å². The maximum absolute atomic E-state index is 8.82. The predicted octanol–water partition coefficient (Wildman–Crippen LogP) is 2.41. The molecule has 0 spiro atoms. The number of piperazine rings is 1. The van der Waals surface area contributed by atoms with Gasteiger partial charge in [0.1, 0.15) is 18.0 Å². The Hall–Kier alpha value is -4.27. The van der Waals surface area contributed by atoms with Crippen LogP contribution in [0.15, 0.2) is 61.3 Å². The van der Waals surface area contributed by atoms with Crippen LogP contribution in [0.2, 0.25) is 0 Å². The van der Waals surface area contributed by atoms with Crippen molar-refractivity contribution in [2.24, 2.45) is 0 Å². The summed E-state index contributed by atoms with van der Waals surface area (Å²) in [4.78, 5) is 17.3. The molecule has 0 atom stereocenters. The number of nitrogen functional groups attached to an aromatic ring is 1. The summed E-state index contributed by atoms with van der Waals surface area (Å²) in [6, 6.07) is 11.2. The lowest BCUT2D eigenvalue weighted by Crippen LogP contribution is -2.47. The SMILES string of the molecule is CN/C=C(\C=N)c1ccc(N)c(C(=N)c2ccnc(N3CCN(c4ccncn4)CC3)c2)c1. The molecule has 0 radical (unpaired) electrons. The van der Waals surface area contributed by atoms with Crippen molar-refractivity contribution in [1.29, 1.82) is 10.8 Å². The molecule has 1 aromatic carbocycles. The van der Waals surface area contributed by atoms with Gasteiger partial charge in [0.2, 0.25) is 0 Å². The van der Waals surface area contributed by atoms with E-state index in [-0.39, 0.29) is 0 Å². The lowest BCUT2D eigenvalue weighted by Gasteiger charge is -2.36. The number of pyridine rings is 1. The molecular weight excluding hydrogens is 414 g/mol. The molecule has 5 N–H and O–H groups in total. The normalized spacial score (nSPS) is 14.2. The minimum absolute atomic E-state index is 0.325. The molecule has 1 aliphatic heterocycles. The Morgan fingerprint density at radius 2 is 1.73 bits per heavy atom. The van der Waals surface area contributed by atoms with Gasteiger partial charge in [0, 0.05) is 80.4 Å². The Morgan fingerprint density at radius 3 is 2.39 bits per heavy atom. The number of benzene rings is 1. The van der Waals surface area contributed by atoms with Gasteiger partial charge in [-0.3, -0.25) is 5.41 Å². The second-order valence-electron chi connectivity index (χ2n) is 7.65. The van der Waals surface area contributed by atoms with E-state index in [1.165, 1.54) is 6.21 Å². The third-order valence-electron chi connectivity index (χ3n) is 5.64. The molecule has 168 valence electrons. The minimum Gasteiger partial charge on any atom is -0.398 e. The molecule has 0 unspecified atom stereocenters. The highest BCUT2D eigenvalue weighted by Gasteiger charge is 2.20. The van der Waals surface area contributed by atoms with Gasteiger partial charge in [-0.2, -0.15) is 0 Å². The molecule has 9 heteroatoms. The number of hydrogen-bond acceptors (Lipinski definition) is 9. The second-order valence-corrected chi connectivity index (χ2v) is 7.65. The van der Waals surface area contributed by atoms with Gasteiger partial charge >= 0.3 is 0 Å². The third-order valence-corrected chi connectivity index (χ3v) is 5.64. The molecule has 0 amide bonds. The summed E-state index contributed by atoms with van der Waals surface area (Å²) in [7, 11) is 1.79. The van der Waals surface area contributed by atoms with Gasteiger partial charge in [0.15, 0.2) is 0 Å². The summed E-state index contributed by atoms with van der Waals surface area (Å²) in [5, 5.41) is 19.4. The number of allylic oxidation sites excluding steroid dienone is 1. The number of nitrogens with zero attached hydrogens (tertiary/aromatic N) is 5. The van der Waals surface area contributed by atoms with E-state index in [2.05, 4.69) is 30.1 Å². The van der Waals surface area contributed by atoms with E-state index in [9.17, 15) is 0 Å². The van der Waals surface area contributed by atoms with Crippen LogP contribution in [-0.2, 0) is 0 Å². The molecular formula is C24H27N9. The first-order valence-corrected chi connectivity index (χ1v) is 10.7. The zero-order valence-corrected chi connectivity index (χ0v) is 18.5. The van der Waals surface area contributed by atoms with Crippen molar-refractivity contribution in [1.82, 2.24) is 20.3 Å². The van der Waals surface area contributed by atoms with E-state index >= 15 is 0 Å². The highest BCUT2D eigenvalue weighted by Crippen LogP contribution is 2.24. The topological polar surface area (TPSA) is 131 Å². The first kappa shape index (κ1) is 21.9. The predicted molar refractivity (Wildman–Crippen MR) is 133 cm³/mol. The highest BCUT2D eigenvalue weighted by atomic mass is 15.3. The zero-order chi connectivity index (χ0) is 23.2. The monoisotopic (exact) mass is 441 g/mol. The lowest BCUT2D eigenvalue weighted by molar-refractivity contribution is 0.641. The average molecular weight is 442 g/mol. The molecule has 3 aromatic rings. The van der Waals surface area contributed by atoms with Crippen LogP contribution in [0.25, 0.3) is 5.57 Å². The maximum Gasteiger partial charge on any atom is 0.132 e. The number of nitrogens with one attached hydrogen (secondary N) is 3. The second kappa shape index (κ2) is 9.90. The Bertz CT molecular complexity index is 1170. The largest absolute Gasteiger partial charge is 0.398 e. The summed E-state index contributed by atoms with van der Waals surface area (Å²) < 4.78 is 0. The van der Waals surface area contributed by atoms with Crippen molar-refractivity contribution in [3.63, 3.8) is 0 Å². The van der Waals surface area contributed by atoms with E-state index in [0.29, 0.717) is 22.5 Å². The van der Waals surface area contributed by atoms with Crippen molar-refractivity contribution < 1.29 is 0 Å². The van der Waals surface area contributed by atoms with Crippen LogP contribution in [-0.4, -0.2) is 60.1 Å². The first-order chi connectivity index (χ1) is 16.1. The summed E-state index contributed by atoms with van der Waals surface area (Å²) >= 11 is 0. The molecule has 2 aromatic heterocycles. The summed E-state index contributed by atoms with van der Waals surface area (Å²) in [5.74, 6) is 1.77. The fraction of sp³-hybridized carbons (Fsp3) is 0.208. The van der Waals surface area contributed by atoms with Crippen LogP contribution in [0.5, 0.6) is 0 Å².